The van der Waals surface area contributed by atoms with Crippen LogP contribution in [0.4, 0.5) is 5.69 Å². The monoisotopic (exact) mass is 263 g/mol. The molecule has 0 radical (unpaired) electrons. The van der Waals surface area contributed by atoms with Gasteiger partial charge in [-0.05, 0) is 44.9 Å². The van der Waals surface area contributed by atoms with Crippen molar-refractivity contribution in [3.63, 3.8) is 0 Å². The maximum Gasteiger partial charge on any atom is 0.0564 e. The van der Waals surface area contributed by atoms with Crippen molar-refractivity contribution in [3.8, 4) is 0 Å². The van der Waals surface area contributed by atoms with E-state index in [4.69, 9.17) is 4.74 Å². The summed E-state index contributed by atoms with van der Waals surface area (Å²) in [5, 5.41) is 3.33. The Labute approximate surface area is 116 Å². The lowest BCUT2D eigenvalue weighted by atomic mass is 10.00. The summed E-state index contributed by atoms with van der Waals surface area (Å²) in [6.07, 6.45) is 4.26. The molecule has 0 aliphatic carbocycles. The van der Waals surface area contributed by atoms with E-state index < -0.39 is 0 Å². The molecule has 1 N–H and O–H groups in total. The van der Waals surface area contributed by atoms with Gasteiger partial charge in [-0.15, -0.1) is 0 Å². The van der Waals surface area contributed by atoms with Crippen molar-refractivity contribution in [2.45, 2.75) is 26.3 Å². The zero-order chi connectivity index (χ0) is 13.5. The fourth-order valence-electron chi connectivity index (χ4n) is 2.59. The summed E-state index contributed by atoms with van der Waals surface area (Å²) in [5.41, 5.74) is 2.29. The van der Waals surface area contributed by atoms with Crippen molar-refractivity contribution in [2.75, 3.05) is 38.7 Å². The fourth-order valence-corrected chi connectivity index (χ4v) is 2.59. The first-order chi connectivity index (χ1) is 9.28. The third-order valence-corrected chi connectivity index (χ3v) is 3.54. The summed E-state index contributed by atoms with van der Waals surface area (Å²) in [7, 11) is 2.18. The van der Waals surface area contributed by atoms with Crippen LogP contribution in [0.1, 0.15) is 25.5 Å². The van der Waals surface area contributed by atoms with Gasteiger partial charge in [0.05, 0.1) is 5.69 Å². The van der Waals surface area contributed by atoms with E-state index in [-0.39, 0.29) is 0 Å². The quantitative estimate of drug-likeness (QED) is 0.855. The highest BCUT2D eigenvalue weighted by Gasteiger charge is 2.16. The average Bonchev–Trinajstić information content (AvgIpc) is 2.40. The Hall–Kier alpha value is -1.13. The number of rotatable bonds is 6. The van der Waals surface area contributed by atoms with Gasteiger partial charge in [0.1, 0.15) is 0 Å². The summed E-state index contributed by atoms with van der Waals surface area (Å²) < 4.78 is 5.40. The van der Waals surface area contributed by atoms with E-state index in [0.717, 1.165) is 50.1 Å². The molecule has 1 fully saturated rings. The standard InChI is InChI=1S/C15H25N3O/c1-3-16-14-4-7-17-15(10-14)12-18(2)11-13-5-8-19-9-6-13/h4,7,10,13H,3,5-6,8-9,11-12H2,1-2H3,(H,16,17). The van der Waals surface area contributed by atoms with E-state index in [1.807, 2.05) is 12.3 Å². The highest BCUT2D eigenvalue weighted by atomic mass is 16.5. The molecule has 19 heavy (non-hydrogen) atoms. The van der Waals surface area contributed by atoms with Crippen LogP contribution >= 0.6 is 0 Å². The summed E-state index contributed by atoms with van der Waals surface area (Å²) in [6, 6.07) is 4.16. The third-order valence-electron chi connectivity index (χ3n) is 3.54. The lowest BCUT2D eigenvalue weighted by molar-refractivity contribution is 0.0548. The van der Waals surface area contributed by atoms with Gasteiger partial charge in [0.25, 0.3) is 0 Å². The minimum atomic E-state index is 0.774. The van der Waals surface area contributed by atoms with Gasteiger partial charge in [0.15, 0.2) is 0 Å². The van der Waals surface area contributed by atoms with E-state index in [1.165, 1.54) is 12.8 Å². The topological polar surface area (TPSA) is 37.4 Å². The predicted octanol–water partition coefficient (Wildman–Crippen LogP) is 2.37. The molecule has 1 aliphatic heterocycles. The molecule has 0 aromatic carbocycles. The van der Waals surface area contributed by atoms with Crippen LogP contribution in [-0.2, 0) is 11.3 Å². The van der Waals surface area contributed by atoms with Crippen molar-refractivity contribution in [2.24, 2.45) is 5.92 Å². The number of anilines is 1. The predicted molar refractivity (Wildman–Crippen MR) is 78.3 cm³/mol. The van der Waals surface area contributed by atoms with Gasteiger partial charge in [-0.25, -0.2) is 0 Å². The molecule has 4 nitrogen and oxygen atoms in total. The van der Waals surface area contributed by atoms with Crippen molar-refractivity contribution < 1.29 is 4.74 Å². The Morgan fingerprint density at radius 3 is 2.95 bits per heavy atom. The number of pyridine rings is 1. The highest BCUT2D eigenvalue weighted by molar-refractivity contribution is 5.42. The second-order valence-electron chi connectivity index (χ2n) is 5.32. The van der Waals surface area contributed by atoms with E-state index in [1.54, 1.807) is 0 Å². The Balaban J connectivity index is 1.83. The van der Waals surface area contributed by atoms with Crippen LogP contribution in [-0.4, -0.2) is 43.2 Å². The molecule has 1 aromatic rings. The summed E-state index contributed by atoms with van der Waals surface area (Å²) >= 11 is 0. The minimum Gasteiger partial charge on any atom is -0.385 e. The average molecular weight is 263 g/mol. The molecule has 0 bridgehead atoms. The first-order valence-electron chi connectivity index (χ1n) is 7.23. The number of hydrogen-bond acceptors (Lipinski definition) is 4. The van der Waals surface area contributed by atoms with Crippen LogP contribution in [0.2, 0.25) is 0 Å². The maximum absolute atomic E-state index is 5.40. The number of ether oxygens (including phenoxy) is 1. The lowest BCUT2D eigenvalue weighted by Gasteiger charge is -2.26. The Morgan fingerprint density at radius 2 is 2.21 bits per heavy atom. The van der Waals surface area contributed by atoms with Gasteiger partial charge in [-0.1, -0.05) is 0 Å². The second kappa shape index (κ2) is 7.46. The van der Waals surface area contributed by atoms with Crippen LogP contribution in [0.5, 0.6) is 0 Å². The Morgan fingerprint density at radius 1 is 1.42 bits per heavy atom. The Kier molecular flexibility index (Phi) is 5.61. The molecule has 106 valence electrons. The van der Waals surface area contributed by atoms with E-state index in [9.17, 15) is 0 Å². The van der Waals surface area contributed by atoms with Crippen molar-refractivity contribution in [1.82, 2.24) is 9.88 Å². The normalized spacial score (nSPS) is 16.8. The zero-order valence-corrected chi connectivity index (χ0v) is 12.1. The second-order valence-corrected chi connectivity index (χ2v) is 5.32. The molecule has 0 amide bonds. The molecule has 0 spiro atoms. The smallest absolute Gasteiger partial charge is 0.0564 e. The maximum atomic E-state index is 5.40. The van der Waals surface area contributed by atoms with E-state index >= 15 is 0 Å². The van der Waals surface area contributed by atoms with Crippen molar-refractivity contribution >= 4 is 5.69 Å². The molecule has 0 unspecified atom stereocenters. The lowest BCUT2D eigenvalue weighted by Crippen LogP contribution is -2.29. The van der Waals surface area contributed by atoms with Crippen molar-refractivity contribution in [1.29, 1.82) is 0 Å². The van der Waals surface area contributed by atoms with Gasteiger partial charge in [-0.3, -0.25) is 4.98 Å². The highest BCUT2D eigenvalue weighted by Crippen LogP contribution is 2.17. The third kappa shape index (κ3) is 4.80. The van der Waals surface area contributed by atoms with Gasteiger partial charge >= 0.3 is 0 Å². The molecule has 0 saturated carbocycles. The van der Waals surface area contributed by atoms with Gasteiger partial charge in [0, 0.05) is 44.7 Å². The van der Waals surface area contributed by atoms with Crippen LogP contribution in [0.15, 0.2) is 18.3 Å². The van der Waals surface area contributed by atoms with Crippen LogP contribution < -0.4 is 5.32 Å². The number of hydrogen-bond donors (Lipinski definition) is 1. The first kappa shape index (κ1) is 14.3. The molecule has 0 atom stereocenters. The molecule has 4 heteroatoms. The number of nitrogens with zero attached hydrogens (tertiary/aromatic N) is 2. The zero-order valence-electron chi connectivity index (χ0n) is 12.1. The van der Waals surface area contributed by atoms with E-state index in [0.29, 0.717) is 0 Å². The van der Waals surface area contributed by atoms with Crippen LogP contribution in [0.25, 0.3) is 0 Å². The summed E-state index contributed by atoms with van der Waals surface area (Å²) in [5.74, 6) is 0.774. The summed E-state index contributed by atoms with van der Waals surface area (Å²) in [6.45, 7) is 6.95. The van der Waals surface area contributed by atoms with Gasteiger partial charge in [-0.2, -0.15) is 0 Å². The molecule has 1 saturated heterocycles. The molecule has 1 aliphatic rings. The SMILES string of the molecule is CCNc1ccnc(CN(C)CC2CCOCC2)c1. The summed E-state index contributed by atoms with van der Waals surface area (Å²) in [4.78, 5) is 6.82. The van der Waals surface area contributed by atoms with Gasteiger partial charge < -0.3 is 15.0 Å². The number of nitrogens with one attached hydrogen (secondary N) is 1. The molecule has 2 heterocycles. The fraction of sp³-hybridized carbons (Fsp3) is 0.667. The first-order valence-corrected chi connectivity index (χ1v) is 7.23. The minimum absolute atomic E-state index is 0.774. The Bertz CT molecular complexity index is 377. The molecular weight excluding hydrogens is 238 g/mol. The van der Waals surface area contributed by atoms with E-state index in [2.05, 4.69) is 35.2 Å². The number of aromatic nitrogens is 1. The molecular formula is C15H25N3O. The molecule has 2 rings (SSSR count). The van der Waals surface area contributed by atoms with Crippen molar-refractivity contribution in [3.05, 3.63) is 24.0 Å². The van der Waals surface area contributed by atoms with Crippen LogP contribution in [0.3, 0.4) is 0 Å². The molecule has 1 aromatic heterocycles. The van der Waals surface area contributed by atoms with Crippen LogP contribution in [0, 0.1) is 5.92 Å². The van der Waals surface area contributed by atoms with Gasteiger partial charge in [0.2, 0.25) is 0 Å². The largest absolute Gasteiger partial charge is 0.385 e.